The molecule has 0 bridgehead atoms. The molecule has 0 fully saturated rings. The smallest absolute Gasteiger partial charge is 0.224 e. The minimum Gasteiger partial charge on any atom is -0.494 e. The zero-order chi connectivity index (χ0) is 18.2. The summed E-state index contributed by atoms with van der Waals surface area (Å²) in [7, 11) is 1.45. The van der Waals surface area contributed by atoms with Crippen molar-refractivity contribution < 1.29 is 13.9 Å². The van der Waals surface area contributed by atoms with Crippen LogP contribution in [0.1, 0.15) is 29.5 Å². The molecule has 0 aliphatic carbocycles. The Labute approximate surface area is 153 Å². The van der Waals surface area contributed by atoms with Gasteiger partial charge in [0.2, 0.25) is 5.91 Å². The van der Waals surface area contributed by atoms with Crippen LogP contribution in [0.2, 0.25) is 0 Å². The highest BCUT2D eigenvalue weighted by molar-refractivity contribution is 7.98. The summed E-state index contributed by atoms with van der Waals surface area (Å²) in [6, 6.07) is 11.0. The lowest BCUT2D eigenvalue weighted by atomic mass is 10.1. The Bertz CT molecular complexity index is 713. The lowest BCUT2D eigenvalue weighted by Gasteiger charge is -2.11. The van der Waals surface area contributed by atoms with Crippen molar-refractivity contribution in [2.75, 3.05) is 18.2 Å². The molecule has 0 saturated carbocycles. The minimum absolute atomic E-state index is 0.0356. The van der Waals surface area contributed by atoms with Gasteiger partial charge in [0, 0.05) is 17.9 Å². The number of benzene rings is 2. The van der Waals surface area contributed by atoms with Crippen molar-refractivity contribution in [3.8, 4) is 5.75 Å². The molecule has 0 heterocycles. The van der Waals surface area contributed by atoms with Crippen molar-refractivity contribution in [1.82, 2.24) is 0 Å². The van der Waals surface area contributed by atoms with E-state index in [4.69, 9.17) is 4.74 Å². The van der Waals surface area contributed by atoms with Crippen molar-refractivity contribution in [2.24, 2.45) is 0 Å². The van der Waals surface area contributed by atoms with Crippen LogP contribution in [0.15, 0.2) is 36.4 Å². The summed E-state index contributed by atoms with van der Waals surface area (Å²) in [4.78, 5) is 12.1. The van der Waals surface area contributed by atoms with Gasteiger partial charge in [0.25, 0.3) is 0 Å². The maximum atomic E-state index is 13.6. The second-order valence-electron chi connectivity index (χ2n) is 5.94. The number of thioether (sulfide) groups is 1. The first kappa shape index (κ1) is 19.3. The van der Waals surface area contributed by atoms with Gasteiger partial charge in [-0.1, -0.05) is 24.3 Å². The number of carbonyl (C=O) groups excluding carboxylic acids is 1. The maximum absolute atomic E-state index is 13.6. The molecule has 0 radical (unpaired) electrons. The van der Waals surface area contributed by atoms with Crippen molar-refractivity contribution in [3.05, 3.63) is 58.9 Å². The van der Waals surface area contributed by atoms with Crippen LogP contribution in [0, 0.1) is 19.7 Å². The van der Waals surface area contributed by atoms with Gasteiger partial charge in [0.15, 0.2) is 11.6 Å². The van der Waals surface area contributed by atoms with E-state index in [2.05, 4.69) is 5.32 Å². The largest absolute Gasteiger partial charge is 0.494 e. The fourth-order valence-corrected chi connectivity index (χ4v) is 3.45. The summed E-state index contributed by atoms with van der Waals surface area (Å²) in [5, 5.41) is 3.00. The zero-order valence-electron chi connectivity index (χ0n) is 14.9. The van der Waals surface area contributed by atoms with Crippen LogP contribution in [0.4, 0.5) is 10.1 Å². The topological polar surface area (TPSA) is 38.3 Å². The first-order valence-corrected chi connectivity index (χ1v) is 9.43. The van der Waals surface area contributed by atoms with E-state index in [1.54, 1.807) is 17.8 Å². The molecular formula is C20H24FNO2S. The molecule has 5 heteroatoms. The number of hydrogen-bond donors (Lipinski definition) is 1. The molecule has 0 aliphatic heterocycles. The molecule has 0 aromatic heterocycles. The number of carbonyl (C=O) groups is 1. The molecule has 0 atom stereocenters. The third-order valence-electron chi connectivity index (χ3n) is 3.92. The molecule has 2 aromatic carbocycles. The van der Waals surface area contributed by atoms with E-state index >= 15 is 0 Å². The monoisotopic (exact) mass is 361 g/mol. The number of halogens is 1. The number of para-hydroxylation sites is 1. The van der Waals surface area contributed by atoms with E-state index in [1.165, 1.54) is 13.2 Å². The van der Waals surface area contributed by atoms with Gasteiger partial charge in [0.1, 0.15) is 0 Å². The normalized spacial score (nSPS) is 10.6. The van der Waals surface area contributed by atoms with Crippen LogP contribution in [0.25, 0.3) is 0 Å². The number of nitrogens with one attached hydrogen (secondary N) is 1. The molecule has 2 aromatic rings. The van der Waals surface area contributed by atoms with Crippen LogP contribution in [0.5, 0.6) is 5.75 Å². The summed E-state index contributed by atoms with van der Waals surface area (Å²) in [6.45, 7) is 3.99. The lowest BCUT2D eigenvalue weighted by molar-refractivity contribution is -0.116. The van der Waals surface area contributed by atoms with E-state index in [1.807, 2.05) is 38.1 Å². The molecule has 2 rings (SSSR count). The maximum Gasteiger partial charge on any atom is 0.224 e. The van der Waals surface area contributed by atoms with E-state index in [9.17, 15) is 9.18 Å². The fourth-order valence-electron chi connectivity index (χ4n) is 2.54. The number of ether oxygens (including phenoxy) is 1. The number of aryl methyl sites for hydroxylation is 2. The Morgan fingerprint density at radius 1 is 1.20 bits per heavy atom. The molecule has 1 amide bonds. The van der Waals surface area contributed by atoms with Crippen LogP contribution >= 0.6 is 11.8 Å². The first-order chi connectivity index (χ1) is 12.0. The van der Waals surface area contributed by atoms with Gasteiger partial charge >= 0.3 is 0 Å². The standard InChI is InChI=1S/C20H24FNO2S/c1-14-6-4-7-15(2)20(14)22-19(23)8-5-11-25-13-16-9-10-18(24-3)17(21)12-16/h4,6-7,9-10,12H,5,8,11,13H2,1-3H3,(H,22,23). The van der Waals surface area contributed by atoms with Crippen molar-refractivity contribution in [3.63, 3.8) is 0 Å². The Kier molecular flexibility index (Phi) is 7.31. The number of anilines is 1. The van der Waals surface area contributed by atoms with E-state index < -0.39 is 0 Å². The summed E-state index contributed by atoms with van der Waals surface area (Å²) in [5.74, 6) is 1.53. The molecule has 25 heavy (non-hydrogen) atoms. The average molecular weight is 361 g/mol. The molecule has 0 unspecified atom stereocenters. The summed E-state index contributed by atoms with van der Waals surface area (Å²) in [6.07, 6.45) is 1.28. The van der Waals surface area contributed by atoms with Crippen LogP contribution in [-0.4, -0.2) is 18.8 Å². The van der Waals surface area contributed by atoms with Crippen LogP contribution < -0.4 is 10.1 Å². The third kappa shape index (κ3) is 5.78. The number of amides is 1. The van der Waals surface area contributed by atoms with E-state index in [-0.39, 0.29) is 17.5 Å². The van der Waals surface area contributed by atoms with Crippen LogP contribution in [-0.2, 0) is 10.5 Å². The molecule has 3 nitrogen and oxygen atoms in total. The molecular weight excluding hydrogens is 337 g/mol. The van der Waals surface area contributed by atoms with Gasteiger partial charge in [-0.2, -0.15) is 11.8 Å². The summed E-state index contributed by atoms with van der Waals surface area (Å²) < 4.78 is 18.5. The molecule has 0 aliphatic rings. The molecule has 1 N–H and O–H groups in total. The SMILES string of the molecule is COc1ccc(CSCCCC(=O)Nc2c(C)cccc2C)cc1F. The highest BCUT2D eigenvalue weighted by Gasteiger charge is 2.07. The zero-order valence-corrected chi connectivity index (χ0v) is 15.7. The minimum atomic E-state index is -0.339. The third-order valence-corrected chi connectivity index (χ3v) is 5.04. The summed E-state index contributed by atoms with van der Waals surface area (Å²) in [5.41, 5.74) is 3.98. The lowest BCUT2D eigenvalue weighted by Crippen LogP contribution is -2.13. The Morgan fingerprint density at radius 2 is 1.92 bits per heavy atom. The number of methoxy groups -OCH3 is 1. The molecule has 0 saturated heterocycles. The van der Waals surface area contributed by atoms with E-state index in [0.29, 0.717) is 6.42 Å². The fraction of sp³-hybridized carbons (Fsp3) is 0.350. The predicted octanol–water partition coefficient (Wildman–Crippen LogP) is 5.10. The van der Waals surface area contributed by atoms with Gasteiger partial charge < -0.3 is 10.1 Å². The highest BCUT2D eigenvalue weighted by atomic mass is 32.2. The molecule has 134 valence electrons. The van der Waals surface area contributed by atoms with E-state index in [0.717, 1.165) is 40.3 Å². The second kappa shape index (κ2) is 9.47. The Morgan fingerprint density at radius 3 is 2.56 bits per heavy atom. The van der Waals surface area contributed by atoms with Gasteiger partial charge in [-0.3, -0.25) is 4.79 Å². The van der Waals surface area contributed by atoms with Gasteiger partial charge in [-0.05, 0) is 54.8 Å². The van der Waals surface area contributed by atoms with Crippen molar-refractivity contribution >= 4 is 23.4 Å². The number of rotatable bonds is 8. The number of hydrogen-bond acceptors (Lipinski definition) is 3. The highest BCUT2D eigenvalue weighted by Crippen LogP contribution is 2.22. The summed E-state index contributed by atoms with van der Waals surface area (Å²) >= 11 is 1.70. The first-order valence-electron chi connectivity index (χ1n) is 8.27. The Balaban J connectivity index is 1.71. The van der Waals surface area contributed by atoms with Gasteiger partial charge in [-0.15, -0.1) is 0 Å². The Hall–Kier alpha value is -2.01. The predicted molar refractivity (Wildman–Crippen MR) is 103 cm³/mol. The second-order valence-corrected chi connectivity index (χ2v) is 7.05. The molecule has 0 spiro atoms. The average Bonchev–Trinajstić information content (AvgIpc) is 2.58. The van der Waals surface area contributed by atoms with Crippen LogP contribution in [0.3, 0.4) is 0 Å². The van der Waals surface area contributed by atoms with Gasteiger partial charge in [0.05, 0.1) is 7.11 Å². The van der Waals surface area contributed by atoms with Gasteiger partial charge in [-0.25, -0.2) is 4.39 Å². The van der Waals surface area contributed by atoms with Crippen molar-refractivity contribution in [1.29, 1.82) is 0 Å². The quantitative estimate of drug-likeness (QED) is 0.665. The van der Waals surface area contributed by atoms with Crippen molar-refractivity contribution in [2.45, 2.75) is 32.4 Å².